The lowest BCUT2D eigenvalue weighted by Crippen LogP contribution is -2.23. The Labute approximate surface area is 199 Å². The van der Waals surface area contributed by atoms with E-state index in [4.69, 9.17) is 25.5 Å². The van der Waals surface area contributed by atoms with E-state index in [0.29, 0.717) is 21.6 Å². The number of benzene rings is 3. The molecule has 0 fully saturated rings. The first kappa shape index (κ1) is 23.1. The Morgan fingerprint density at radius 3 is 2.50 bits per heavy atom. The molecule has 1 N–H and O–H groups in total. The highest BCUT2D eigenvalue weighted by molar-refractivity contribution is 6.30. The lowest BCUT2D eigenvalue weighted by atomic mass is 10.1. The summed E-state index contributed by atoms with van der Waals surface area (Å²) in [6, 6.07) is 18.3. The van der Waals surface area contributed by atoms with Gasteiger partial charge in [0.25, 0.3) is 5.91 Å². The molecule has 0 spiro atoms. The highest BCUT2D eigenvalue weighted by Crippen LogP contribution is 2.32. The molecule has 8 heteroatoms. The van der Waals surface area contributed by atoms with Crippen molar-refractivity contribution in [3.8, 4) is 17.1 Å². The zero-order chi connectivity index (χ0) is 24.2. The normalized spacial score (nSPS) is 10.7. The van der Waals surface area contributed by atoms with Crippen LogP contribution in [0.1, 0.15) is 15.9 Å². The molecule has 0 atom stereocenters. The van der Waals surface area contributed by atoms with Crippen LogP contribution in [-0.2, 0) is 9.53 Å². The second-order valence-electron chi connectivity index (χ2n) is 7.47. The minimum absolute atomic E-state index is 0.102. The summed E-state index contributed by atoms with van der Waals surface area (Å²) in [6.45, 7) is 1.40. The lowest BCUT2D eigenvalue weighted by Gasteiger charge is -2.13. The van der Waals surface area contributed by atoms with E-state index in [-0.39, 0.29) is 22.8 Å². The summed E-state index contributed by atoms with van der Waals surface area (Å²) in [6.07, 6.45) is 0. The molecule has 4 rings (SSSR count). The van der Waals surface area contributed by atoms with E-state index in [2.05, 4.69) is 5.32 Å². The number of fused-ring (bicyclic) bond motifs is 1. The lowest BCUT2D eigenvalue weighted by molar-refractivity contribution is -0.118. The van der Waals surface area contributed by atoms with Crippen molar-refractivity contribution in [2.75, 3.05) is 19.0 Å². The number of anilines is 1. The molecule has 0 radical (unpaired) electrons. The molecular formula is C26H20ClNO6. The van der Waals surface area contributed by atoms with E-state index in [1.165, 1.54) is 13.2 Å². The molecule has 3 aromatic carbocycles. The second kappa shape index (κ2) is 9.80. The Kier molecular flexibility index (Phi) is 6.65. The van der Waals surface area contributed by atoms with E-state index in [1.54, 1.807) is 60.7 Å². The van der Waals surface area contributed by atoms with Gasteiger partial charge >= 0.3 is 5.97 Å². The highest BCUT2D eigenvalue weighted by Gasteiger charge is 2.20. The molecule has 0 saturated heterocycles. The zero-order valence-electron chi connectivity index (χ0n) is 18.4. The number of rotatable bonds is 6. The SMILES string of the molecule is COC(=O)c1ccccc1NC(=O)COc1c(-c2ccc(Cl)cc2)oc2cc(C)ccc2c1=O. The summed E-state index contributed by atoms with van der Waals surface area (Å²) in [5.41, 5.74) is 1.95. The first-order valence-electron chi connectivity index (χ1n) is 10.3. The number of nitrogens with one attached hydrogen (secondary N) is 1. The van der Waals surface area contributed by atoms with Crippen LogP contribution >= 0.6 is 11.6 Å². The van der Waals surface area contributed by atoms with Gasteiger partial charge in [-0.25, -0.2) is 4.79 Å². The number of ether oxygens (including phenoxy) is 2. The van der Waals surface area contributed by atoms with Crippen molar-refractivity contribution >= 4 is 40.1 Å². The van der Waals surface area contributed by atoms with E-state index in [1.807, 2.05) is 6.92 Å². The van der Waals surface area contributed by atoms with Gasteiger partial charge in [-0.15, -0.1) is 0 Å². The predicted molar refractivity (Wildman–Crippen MR) is 130 cm³/mol. The maximum absolute atomic E-state index is 13.3. The van der Waals surface area contributed by atoms with Gasteiger partial charge in [0.15, 0.2) is 12.4 Å². The quantitative estimate of drug-likeness (QED) is 0.382. The van der Waals surface area contributed by atoms with E-state index in [9.17, 15) is 14.4 Å². The van der Waals surface area contributed by atoms with Crippen molar-refractivity contribution in [3.63, 3.8) is 0 Å². The minimum Gasteiger partial charge on any atom is -0.476 e. The third-order valence-electron chi connectivity index (χ3n) is 5.07. The number of para-hydroxylation sites is 1. The van der Waals surface area contributed by atoms with Crippen molar-refractivity contribution in [2.24, 2.45) is 0 Å². The third kappa shape index (κ3) is 4.79. The number of methoxy groups -OCH3 is 1. The summed E-state index contributed by atoms with van der Waals surface area (Å²) in [5, 5.41) is 3.46. The Hall–Kier alpha value is -4.10. The van der Waals surface area contributed by atoms with Crippen molar-refractivity contribution in [3.05, 3.63) is 93.1 Å². The molecule has 0 bridgehead atoms. The third-order valence-corrected chi connectivity index (χ3v) is 5.32. The van der Waals surface area contributed by atoms with Crippen LogP contribution in [0.2, 0.25) is 5.02 Å². The standard InChI is InChI=1S/C26H20ClNO6/c1-15-7-12-19-21(13-15)34-24(16-8-10-17(27)11-9-16)25(23(19)30)33-14-22(29)28-20-6-4-3-5-18(20)26(31)32-2/h3-13H,14H2,1-2H3,(H,28,29). The van der Waals surface area contributed by atoms with Gasteiger partial charge in [0.2, 0.25) is 11.2 Å². The molecule has 1 heterocycles. The van der Waals surface area contributed by atoms with Crippen molar-refractivity contribution < 1.29 is 23.5 Å². The smallest absolute Gasteiger partial charge is 0.339 e. The van der Waals surface area contributed by atoms with E-state index < -0.39 is 23.9 Å². The average molecular weight is 478 g/mol. The Morgan fingerprint density at radius 2 is 1.76 bits per heavy atom. The van der Waals surface area contributed by atoms with Crippen LogP contribution in [0.5, 0.6) is 5.75 Å². The van der Waals surface area contributed by atoms with Gasteiger partial charge in [-0.05, 0) is 61.0 Å². The summed E-state index contributed by atoms with van der Waals surface area (Å²) in [4.78, 5) is 37.8. The fraction of sp³-hybridized carbons (Fsp3) is 0.115. The maximum Gasteiger partial charge on any atom is 0.339 e. The molecule has 0 aliphatic heterocycles. The van der Waals surface area contributed by atoms with Gasteiger partial charge in [0.05, 0.1) is 23.7 Å². The van der Waals surface area contributed by atoms with Gasteiger partial charge in [0, 0.05) is 10.6 Å². The van der Waals surface area contributed by atoms with Gasteiger partial charge in [-0.3, -0.25) is 9.59 Å². The summed E-state index contributed by atoms with van der Waals surface area (Å²) in [5.74, 6) is -1.08. The van der Waals surface area contributed by atoms with Gasteiger partial charge in [-0.1, -0.05) is 29.8 Å². The van der Waals surface area contributed by atoms with Crippen LogP contribution in [0.25, 0.3) is 22.3 Å². The number of hydrogen-bond acceptors (Lipinski definition) is 6. The summed E-state index contributed by atoms with van der Waals surface area (Å²) >= 11 is 6.00. The van der Waals surface area contributed by atoms with Gasteiger partial charge in [-0.2, -0.15) is 0 Å². The molecule has 7 nitrogen and oxygen atoms in total. The topological polar surface area (TPSA) is 94.8 Å². The molecule has 1 amide bonds. The predicted octanol–water partition coefficient (Wildman–Crippen LogP) is 5.23. The molecule has 34 heavy (non-hydrogen) atoms. The largest absolute Gasteiger partial charge is 0.476 e. The van der Waals surface area contributed by atoms with Crippen LogP contribution in [0.4, 0.5) is 5.69 Å². The monoisotopic (exact) mass is 477 g/mol. The summed E-state index contributed by atoms with van der Waals surface area (Å²) < 4.78 is 16.5. The minimum atomic E-state index is -0.590. The van der Waals surface area contributed by atoms with E-state index in [0.717, 1.165) is 5.56 Å². The number of aryl methyl sites for hydroxylation is 1. The fourth-order valence-corrected chi connectivity index (χ4v) is 3.54. The number of amides is 1. The molecule has 0 aliphatic rings. The maximum atomic E-state index is 13.3. The highest BCUT2D eigenvalue weighted by atomic mass is 35.5. The van der Waals surface area contributed by atoms with Crippen molar-refractivity contribution in [2.45, 2.75) is 6.92 Å². The first-order valence-corrected chi connectivity index (χ1v) is 10.7. The molecular weight excluding hydrogens is 458 g/mol. The van der Waals surface area contributed by atoms with Crippen LogP contribution < -0.4 is 15.5 Å². The number of esters is 1. The van der Waals surface area contributed by atoms with Gasteiger partial charge in [0.1, 0.15) is 5.58 Å². The number of carbonyl (C=O) groups is 2. The van der Waals surface area contributed by atoms with Crippen LogP contribution in [0.3, 0.4) is 0 Å². The number of halogens is 1. The second-order valence-corrected chi connectivity index (χ2v) is 7.91. The molecule has 1 aromatic heterocycles. The zero-order valence-corrected chi connectivity index (χ0v) is 19.1. The van der Waals surface area contributed by atoms with Gasteiger partial charge < -0.3 is 19.2 Å². The van der Waals surface area contributed by atoms with Crippen LogP contribution in [0.15, 0.2) is 75.9 Å². The Morgan fingerprint density at radius 1 is 1.03 bits per heavy atom. The van der Waals surface area contributed by atoms with Crippen LogP contribution in [0, 0.1) is 6.92 Å². The molecule has 172 valence electrons. The summed E-state index contributed by atoms with van der Waals surface area (Å²) in [7, 11) is 1.25. The van der Waals surface area contributed by atoms with Crippen molar-refractivity contribution in [1.82, 2.24) is 0 Å². The molecule has 0 aliphatic carbocycles. The molecule has 0 unspecified atom stereocenters. The Balaban J connectivity index is 1.67. The Bertz CT molecular complexity index is 1440. The van der Waals surface area contributed by atoms with Crippen LogP contribution in [-0.4, -0.2) is 25.6 Å². The molecule has 0 saturated carbocycles. The number of hydrogen-bond donors (Lipinski definition) is 1. The van der Waals surface area contributed by atoms with Crippen molar-refractivity contribution in [1.29, 1.82) is 0 Å². The number of carbonyl (C=O) groups excluding carboxylic acids is 2. The van der Waals surface area contributed by atoms with E-state index >= 15 is 0 Å². The fourth-order valence-electron chi connectivity index (χ4n) is 3.41. The average Bonchev–Trinajstić information content (AvgIpc) is 2.83. The first-order chi connectivity index (χ1) is 16.4. The molecule has 4 aromatic rings.